The highest BCUT2D eigenvalue weighted by Gasteiger charge is 2.19. The quantitative estimate of drug-likeness (QED) is 0.0199. The largest absolute Gasteiger partial charge is 0.462 e. The molecule has 0 aliphatic heterocycles. The van der Waals surface area contributed by atoms with Gasteiger partial charge in [-0.05, 0) is 89.9 Å². The maximum absolute atomic E-state index is 12.8. The Morgan fingerprint density at radius 3 is 1.22 bits per heavy atom. The molecule has 1 unspecified atom stereocenters. The van der Waals surface area contributed by atoms with Crippen LogP contribution in [0.2, 0.25) is 0 Å². The van der Waals surface area contributed by atoms with Crippen molar-refractivity contribution in [2.75, 3.05) is 13.2 Å². The Labute approximate surface area is 387 Å². The van der Waals surface area contributed by atoms with E-state index in [-0.39, 0.29) is 37.5 Å². The molecule has 0 aromatic rings. The zero-order valence-corrected chi connectivity index (χ0v) is 40.8. The van der Waals surface area contributed by atoms with Crippen molar-refractivity contribution in [3.05, 3.63) is 97.2 Å². The van der Waals surface area contributed by atoms with Gasteiger partial charge in [-0.25, -0.2) is 0 Å². The highest BCUT2D eigenvalue weighted by molar-refractivity contribution is 5.71. The smallest absolute Gasteiger partial charge is 0.306 e. The summed E-state index contributed by atoms with van der Waals surface area (Å²) in [5.41, 5.74) is 0. The van der Waals surface area contributed by atoms with Crippen molar-refractivity contribution < 1.29 is 28.6 Å². The number of hydrogen-bond donors (Lipinski definition) is 0. The summed E-state index contributed by atoms with van der Waals surface area (Å²) in [5, 5.41) is 0. The van der Waals surface area contributed by atoms with Crippen molar-refractivity contribution in [1.82, 2.24) is 0 Å². The normalized spacial score (nSPS) is 12.9. The van der Waals surface area contributed by atoms with E-state index in [2.05, 4.69) is 112 Å². The van der Waals surface area contributed by atoms with Gasteiger partial charge in [-0.2, -0.15) is 0 Å². The number of ether oxygens (including phenoxy) is 3. The molecule has 0 aromatic carbocycles. The first-order chi connectivity index (χ1) is 31.0. The van der Waals surface area contributed by atoms with Crippen LogP contribution in [-0.4, -0.2) is 37.2 Å². The van der Waals surface area contributed by atoms with Gasteiger partial charge < -0.3 is 14.2 Å². The van der Waals surface area contributed by atoms with Crippen LogP contribution in [-0.2, 0) is 28.6 Å². The number of esters is 3. The lowest BCUT2D eigenvalue weighted by Gasteiger charge is -2.18. The monoisotopic (exact) mass is 875 g/mol. The van der Waals surface area contributed by atoms with Crippen LogP contribution in [0.15, 0.2) is 97.2 Å². The topological polar surface area (TPSA) is 78.9 Å². The molecule has 0 aliphatic rings. The van der Waals surface area contributed by atoms with E-state index in [9.17, 15) is 14.4 Å². The molecule has 0 radical (unpaired) electrons. The van der Waals surface area contributed by atoms with E-state index in [0.29, 0.717) is 19.3 Å². The summed E-state index contributed by atoms with van der Waals surface area (Å²) in [6, 6.07) is 0. The minimum absolute atomic E-state index is 0.111. The number of unbranched alkanes of at least 4 members (excludes halogenated alkanes) is 21. The number of rotatable bonds is 45. The molecule has 358 valence electrons. The first-order valence-corrected chi connectivity index (χ1v) is 25.8. The Bertz CT molecular complexity index is 1280. The van der Waals surface area contributed by atoms with E-state index in [1.165, 1.54) is 83.5 Å². The maximum atomic E-state index is 12.8. The highest BCUT2D eigenvalue weighted by atomic mass is 16.6. The van der Waals surface area contributed by atoms with E-state index in [0.717, 1.165) is 96.3 Å². The molecule has 6 heteroatoms. The lowest BCUT2D eigenvalue weighted by Crippen LogP contribution is -2.30. The Morgan fingerprint density at radius 2 is 0.714 bits per heavy atom. The van der Waals surface area contributed by atoms with Crippen LogP contribution in [0, 0.1) is 0 Å². The van der Waals surface area contributed by atoms with E-state index in [1.807, 2.05) is 6.08 Å². The summed E-state index contributed by atoms with van der Waals surface area (Å²) >= 11 is 0. The molecule has 63 heavy (non-hydrogen) atoms. The molecule has 0 amide bonds. The second-order valence-electron chi connectivity index (χ2n) is 16.8. The van der Waals surface area contributed by atoms with E-state index >= 15 is 0 Å². The van der Waals surface area contributed by atoms with Gasteiger partial charge in [0.25, 0.3) is 0 Å². The molecule has 0 spiro atoms. The predicted octanol–water partition coefficient (Wildman–Crippen LogP) is 17.0. The Balaban J connectivity index is 4.51. The molecule has 0 saturated carbocycles. The van der Waals surface area contributed by atoms with Crippen LogP contribution in [0.1, 0.15) is 226 Å². The second kappa shape index (κ2) is 51.0. The summed E-state index contributed by atoms with van der Waals surface area (Å²) in [6.07, 6.45) is 66.8. The van der Waals surface area contributed by atoms with Crippen molar-refractivity contribution in [2.45, 2.75) is 232 Å². The van der Waals surface area contributed by atoms with Gasteiger partial charge in [0.1, 0.15) is 13.2 Å². The predicted molar refractivity (Wildman–Crippen MR) is 270 cm³/mol. The highest BCUT2D eigenvalue weighted by Crippen LogP contribution is 2.13. The summed E-state index contributed by atoms with van der Waals surface area (Å²) in [5.74, 6) is -1.01. The molecule has 0 fully saturated rings. The summed E-state index contributed by atoms with van der Waals surface area (Å²) in [4.78, 5) is 37.9. The van der Waals surface area contributed by atoms with Gasteiger partial charge in [0.2, 0.25) is 0 Å². The fourth-order valence-electron chi connectivity index (χ4n) is 6.78. The molecule has 0 saturated heterocycles. The van der Waals surface area contributed by atoms with Crippen LogP contribution in [0.3, 0.4) is 0 Å². The van der Waals surface area contributed by atoms with Gasteiger partial charge in [0, 0.05) is 19.3 Å². The van der Waals surface area contributed by atoms with Crippen LogP contribution >= 0.6 is 0 Å². The third kappa shape index (κ3) is 49.2. The van der Waals surface area contributed by atoms with Crippen molar-refractivity contribution in [1.29, 1.82) is 0 Å². The van der Waals surface area contributed by atoms with Crippen LogP contribution in [0.25, 0.3) is 0 Å². The average molecular weight is 875 g/mol. The van der Waals surface area contributed by atoms with Gasteiger partial charge in [-0.1, -0.05) is 214 Å². The molecule has 0 heterocycles. The van der Waals surface area contributed by atoms with Crippen molar-refractivity contribution >= 4 is 17.9 Å². The van der Waals surface area contributed by atoms with E-state index in [4.69, 9.17) is 14.2 Å². The Kier molecular flexibility index (Phi) is 48.0. The molecular weight excluding hydrogens is 781 g/mol. The number of carbonyl (C=O) groups is 3. The van der Waals surface area contributed by atoms with E-state index < -0.39 is 6.10 Å². The molecular formula is C57H94O6. The molecule has 0 aromatic heterocycles. The molecule has 0 N–H and O–H groups in total. The van der Waals surface area contributed by atoms with Gasteiger partial charge in [0.05, 0.1) is 0 Å². The molecule has 0 bridgehead atoms. The summed E-state index contributed by atoms with van der Waals surface area (Å²) in [6.45, 7) is 6.40. The summed E-state index contributed by atoms with van der Waals surface area (Å²) in [7, 11) is 0. The number of carbonyl (C=O) groups excluding carboxylic acids is 3. The summed E-state index contributed by atoms with van der Waals surface area (Å²) < 4.78 is 16.7. The van der Waals surface area contributed by atoms with Crippen molar-refractivity contribution in [3.8, 4) is 0 Å². The van der Waals surface area contributed by atoms with Gasteiger partial charge >= 0.3 is 17.9 Å². The maximum Gasteiger partial charge on any atom is 0.306 e. The third-order valence-corrected chi connectivity index (χ3v) is 10.7. The second-order valence-corrected chi connectivity index (χ2v) is 16.8. The minimum Gasteiger partial charge on any atom is -0.462 e. The first-order valence-electron chi connectivity index (χ1n) is 25.8. The Hall–Kier alpha value is -3.67. The zero-order chi connectivity index (χ0) is 45.8. The van der Waals surface area contributed by atoms with Crippen molar-refractivity contribution in [2.24, 2.45) is 0 Å². The zero-order valence-electron chi connectivity index (χ0n) is 40.8. The first kappa shape index (κ1) is 59.3. The van der Waals surface area contributed by atoms with Gasteiger partial charge in [-0.3, -0.25) is 14.4 Å². The fraction of sp³-hybridized carbons (Fsp3) is 0.667. The van der Waals surface area contributed by atoms with Gasteiger partial charge in [0.15, 0.2) is 6.10 Å². The van der Waals surface area contributed by atoms with E-state index in [1.54, 1.807) is 0 Å². The molecule has 0 aliphatic carbocycles. The molecule has 6 nitrogen and oxygen atoms in total. The van der Waals surface area contributed by atoms with Crippen molar-refractivity contribution in [3.63, 3.8) is 0 Å². The minimum atomic E-state index is -0.814. The van der Waals surface area contributed by atoms with Gasteiger partial charge in [-0.15, -0.1) is 0 Å². The fourth-order valence-corrected chi connectivity index (χ4v) is 6.78. The number of allylic oxidation sites excluding steroid dienone is 16. The van der Waals surface area contributed by atoms with Crippen LogP contribution < -0.4 is 0 Å². The standard InChI is InChI=1S/C57H94O6/c1-4-7-10-13-16-19-22-25-27-28-29-30-33-35-38-41-44-47-50-56(59)62-53-54(52-61-55(58)49-46-43-40-37-34-31-24-21-18-15-12-9-6-3)63-57(60)51-48-45-42-39-36-32-26-23-20-17-14-11-8-5-2/h8,11,16-17,19-20,22,25,27-31,34,40,43,54H,4-7,9-10,12-15,18,21,23-24,26,32-33,35-39,41-42,44-53H2,1-3H3/b11-8+,19-16+,20-17+,25-22+,28-27+,30-29+,34-31+,43-40+. The van der Waals surface area contributed by atoms with Crippen LogP contribution in [0.4, 0.5) is 0 Å². The average Bonchev–Trinajstić information content (AvgIpc) is 3.28. The molecule has 0 rings (SSSR count). The third-order valence-electron chi connectivity index (χ3n) is 10.7. The molecule has 1 atom stereocenters. The number of hydrogen-bond acceptors (Lipinski definition) is 6. The SMILES string of the molecule is CC/C=C/C/C=C/CCCCCCCCCC(=O)OC(COC(=O)CC/C=C/C/C=C/CCCCCCCC)COC(=O)CCCCCCC/C=C/C=C/C=C/C=C/CCCCC. The lowest BCUT2D eigenvalue weighted by atomic mass is 10.1. The Morgan fingerprint density at radius 1 is 0.349 bits per heavy atom. The lowest BCUT2D eigenvalue weighted by molar-refractivity contribution is -0.166. The van der Waals surface area contributed by atoms with Crippen LogP contribution in [0.5, 0.6) is 0 Å².